The normalized spacial score (nSPS) is 10.6. The van der Waals surface area contributed by atoms with E-state index in [-0.39, 0.29) is 0 Å². The molecule has 0 aliphatic carbocycles. The van der Waals surface area contributed by atoms with Gasteiger partial charge in [0.15, 0.2) is 0 Å². The van der Waals surface area contributed by atoms with Crippen LogP contribution in [0.15, 0.2) is 46.2 Å². The van der Waals surface area contributed by atoms with Gasteiger partial charge in [-0.2, -0.15) is 0 Å². The molecule has 0 saturated carbocycles. The standard InChI is InChI=1S/C13H10Cl2S2/c14-10-3-1-8(12(16)6-10)5-9-2-4-11(15)7-13(9)17/h1-4,6-7,16-17H,5H2. The molecule has 0 bridgehead atoms. The Bertz CT molecular complexity index is 504. The van der Waals surface area contributed by atoms with Crippen LogP contribution in [0.5, 0.6) is 0 Å². The summed E-state index contributed by atoms with van der Waals surface area (Å²) >= 11 is 20.6. The molecule has 0 aliphatic rings. The maximum Gasteiger partial charge on any atom is 0.0417 e. The van der Waals surface area contributed by atoms with E-state index in [0.29, 0.717) is 10.0 Å². The molecule has 88 valence electrons. The first kappa shape index (κ1) is 13.2. The highest BCUT2D eigenvalue weighted by atomic mass is 35.5. The second kappa shape index (κ2) is 5.57. The van der Waals surface area contributed by atoms with E-state index >= 15 is 0 Å². The molecule has 2 aromatic carbocycles. The summed E-state index contributed by atoms with van der Waals surface area (Å²) in [6, 6.07) is 11.4. The Morgan fingerprint density at radius 3 is 1.53 bits per heavy atom. The second-order valence-electron chi connectivity index (χ2n) is 3.72. The van der Waals surface area contributed by atoms with Gasteiger partial charge in [-0.05, 0) is 41.8 Å². The number of benzene rings is 2. The predicted molar refractivity (Wildman–Crippen MR) is 80.2 cm³/mol. The Kier molecular flexibility index (Phi) is 4.31. The van der Waals surface area contributed by atoms with Gasteiger partial charge in [-0.3, -0.25) is 0 Å². The second-order valence-corrected chi connectivity index (χ2v) is 5.56. The molecule has 0 fully saturated rings. The lowest BCUT2D eigenvalue weighted by Crippen LogP contribution is -1.91. The van der Waals surface area contributed by atoms with Gasteiger partial charge in [0.2, 0.25) is 0 Å². The van der Waals surface area contributed by atoms with Crippen LogP contribution < -0.4 is 0 Å². The van der Waals surface area contributed by atoms with Gasteiger partial charge < -0.3 is 0 Å². The maximum atomic E-state index is 5.89. The third kappa shape index (κ3) is 3.35. The fraction of sp³-hybridized carbons (Fsp3) is 0.0769. The fourth-order valence-electron chi connectivity index (χ4n) is 1.58. The van der Waals surface area contributed by atoms with Gasteiger partial charge >= 0.3 is 0 Å². The van der Waals surface area contributed by atoms with E-state index in [0.717, 1.165) is 27.3 Å². The molecule has 0 amide bonds. The van der Waals surface area contributed by atoms with Crippen LogP contribution >= 0.6 is 48.5 Å². The molecule has 0 nitrogen and oxygen atoms in total. The smallest absolute Gasteiger partial charge is 0.0417 e. The van der Waals surface area contributed by atoms with Gasteiger partial charge in [-0.15, -0.1) is 25.3 Å². The molecule has 4 heteroatoms. The van der Waals surface area contributed by atoms with Gasteiger partial charge in [-0.25, -0.2) is 0 Å². The van der Waals surface area contributed by atoms with Crippen molar-refractivity contribution in [3.05, 3.63) is 57.6 Å². The Morgan fingerprint density at radius 1 is 0.765 bits per heavy atom. The van der Waals surface area contributed by atoms with Crippen LogP contribution in [0.2, 0.25) is 10.0 Å². The summed E-state index contributed by atoms with van der Waals surface area (Å²) < 4.78 is 0. The average molecular weight is 301 g/mol. The number of halogens is 2. The summed E-state index contributed by atoms with van der Waals surface area (Å²) in [5.41, 5.74) is 2.24. The summed E-state index contributed by atoms with van der Waals surface area (Å²) in [7, 11) is 0. The summed E-state index contributed by atoms with van der Waals surface area (Å²) in [6.07, 6.45) is 0.770. The molecule has 0 aliphatic heterocycles. The van der Waals surface area contributed by atoms with Crippen LogP contribution in [0.3, 0.4) is 0 Å². The van der Waals surface area contributed by atoms with Crippen LogP contribution in [-0.2, 0) is 6.42 Å². The van der Waals surface area contributed by atoms with Crippen LogP contribution in [0.1, 0.15) is 11.1 Å². The van der Waals surface area contributed by atoms with Crippen LogP contribution in [0, 0.1) is 0 Å². The molecular formula is C13H10Cl2S2. The highest BCUT2D eigenvalue weighted by Gasteiger charge is 2.05. The van der Waals surface area contributed by atoms with E-state index in [1.54, 1.807) is 0 Å². The maximum absolute atomic E-state index is 5.89. The molecule has 0 unspecified atom stereocenters. The Labute approximate surface area is 122 Å². The van der Waals surface area contributed by atoms with E-state index < -0.39 is 0 Å². The van der Waals surface area contributed by atoms with Crippen molar-refractivity contribution in [2.45, 2.75) is 16.2 Å². The minimum Gasteiger partial charge on any atom is -0.143 e. The molecule has 2 aromatic rings. The van der Waals surface area contributed by atoms with Gasteiger partial charge in [-0.1, -0.05) is 35.3 Å². The van der Waals surface area contributed by atoms with E-state index in [1.807, 2.05) is 36.4 Å². The zero-order chi connectivity index (χ0) is 12.4. The molecule has 0 heterocycles. The van der Waals surface area contributed by atoms with Crippen molar-refractivity contribution in [2.75, 3.05) is 0 Å². The molecule has 2 rings (SSSR count). The minimum atomic E-state index is 0.695. The fourth-order valence-corrected chi connectivity index (χ4v) is 2.66. The first-order valence-electron chi connectivity index (χ1n) is 5.01. The van der Waals surface area contributed by atoms with Crippen molar-refractivity contribution in [1.82, 2.24) is 0 Å². The molecule has 0 saturated heterocycles. The van der Waals surface area contributed by atoms with Crippen molar-refractivity contribution in [3.8, 4) is 0 Å². The molecule has 0 N–H and O–H groups in total. The number of rotatable bonds is 2. The molecule has 0 atom stereocenters. The SMILES string of the molecule is Sc1cc(Cl)ccc1Cc1ccc(Cl)cc1S. The third-order valence-corrected chi connectivity index (χ3v) is 3.78. The van der Waals surface area contributed by atoms with E-state index in [2.05, 4.69) is 25.3 Å². The monoisotopic (exact) mass is 300 g/mol. The van der Waals surface area contributed by atoms with Gasteiger partial charge in [0.25, 0.3) is 0 Å². The summed E-state index contributed by atoms with van der Waals surface area (Å²) in [5, 5.41) is 1.39. The quantitative estimate of drug-likeness (QED) is 0.703. The topological polar surface area (TPSA) is 0 Å². The zero-order valence-electron chi connectivity index (χ0n) is 8.82. The predicted octanol–water partition coefficient (Wildman–Crippen LogP) is 5.16. The largest absolute Gasteiger partial charge is 0.143 e. The zero-order valence-corrected chi connectivity index (χ0v) is 12.1. The summed E-state index contributed by atoms with van der Waals surface area (Å²) in [5.74, 6) is 0. The minimum absolute atomic E-state index is 0.695. The highest BCUT2D eigenvalue weighted by molar-refractivity contribution is 7.80. The van der Waals surface area contributed by atoms with E-state index in [4.69, 9.17) is 23.2 Å². The molecule has 0 spiro atoms. The Hall–Kier alpha value is -0.280. The summed E-state index contributed by atoms with van der Waals surface area (Å²) in [6.45, 7) is 0. The van der Waals surface area contributed by atoms with Crippen LogP contribution in [0.4, 0.5) is 0 Å². The number of thiol groups is 2. The van der Waals surface area contributed by atoms with Crippen LogP contribution in [0.25, 0.3) is 0 Å². The average Bonchev–Trinajstić information content (AvgIpc) is 2.25. The first-order chi connectivity index (χ1) is 8.06. The van der Waals surface area contributed by atoms with Crippen molar-refractivity contribution in [1.29, 1.82) is 0 Å². The number of hydrogen-bond acceptors (Lipinski definition) is 2. The lowest BCUT2D eigenvalue weighted by Gasteiger charge is -2.08. The van der Waals surface area contributed by atoms with E-state index in [1.165, 1.54) is 0 Å². The van der Waals surface area contributed by atoms with Crippen molar-refractivity contribution < 1.29 is 0 Å². The Balaban J connectivity index is 2.31. The third-order valence-electron chi connectivity index (χ3n) is 2.48. The van der Waals surface area contributed by atoms with Gasteiger partial charge in [0.05, 0.1) is 0 Å². The van der Waals surface area contributed by atoms with E-state index in [9.17, 15) is 0 Å². The molecular weight excluding hydrogens is 291 g/mol. The highest BCUT2D eigenvalue weighted by Crippen LogP contribution is 2.26. The summed E-state index contributed by atoms with van der Waals surface area (Å²) in [4.78, 5) is 1.78. The lowest BCUT2D eigenvalue weighted by molar-refractivity contribution is 1.09. The molecule has 0 radical (unpaired) electrons. The Morgan fingerprint density at radius 2 is 1.18 bits per heavy atom. The number of hydrogen-bond donors (Lipinski definition) is 2. The van der Waals surface area contributed by atoms with Crippen molar-refractivity contribution in [2.24, 2.45) is 0 Å². The van der Waals surface area contributed by atoms with Crippen molar-refractivity contribution in [3.63, 3.8) is 0 Å². The van der Waals surface area contributed by atoms with Crippen molar-refractivity contribution >= 4 is 48.5 Å². The van der Waals surface area contributed by atoms with Crippen LogP contribution in [-0.4, -0.2) is 0 Å². The molecule has 17 heavy (non-hydrogen) atoms. The van der Waals surface area contributed by atoms with Gasteiger partial charge in [0, 0.05) is 19.8 Å². The lowest BCUT2D eigenvalue weighted by atomic mass is 10.0. The molecule has 0 aromatic heterocycles. The first-order valence-corrected chi connectivity index (χ1v) is 6.66. The van der Waals surface area contributed by atoms with Gasteiger partial charge in [0.1, 0.15) is 0 Å².